The first-order valence-corrected chi connectivity index (χ1v) is 11.9. The third kappa shape index (κ3) is 4.20. The number of carbonyl (C=O) groups is 1. The molecule has 1 aliphatic rings. The van der Waals surface area contributed by atoms with E-state index in [2.05, 4.69) is 65.1 Å². The number of aryl methyl sites for hydroxylation is 1. The lowest BCUT2D eigenvalue weighted by molar-refractivity contribution is -0.115. The van der Waals surface area contributed by atoms with Crippen molar-refractivity contribution >= 4 is 68.6 Å². The summed E-state index contributed by atoms with van der Waals surface area (Å²) in [6.07, 6.45) is 1.90. The van der Waals surface area contributed by atoms with Gasteiger partial charge in [0.2, 0.25) is 0 Å². The number of thioether (sulfide) groups is 1. The molecule has 0 atom stereocenters. The minimum atomic E-state index is -0.188. The van der Waals surface area contributed by atoms with Crippen molar-refractivity contribution in [2.45, 2.75) is 13.8 Å². The number of hydrogen-bond acceptors (Lipinski definition) is 3. The molecule has 4 aromatic rings. The van der Waals surface area contributed by atoms with Gasteiger partial charge >= 0.3 is 0 Å². The van der Waals surface area contributed by atoms with Gasteiger partial charge in [0, 0.05) is 17.1 Å². The Kier molecular flexibility index (Phi) is 5.79. The minimum absolute atomic E-state index is 0.188. The highest BCUT2D eigenvalue weighted by Crippen LogP contribution is 2.35. The molecule has 0 unspecified atom stereocenters. The Balaban J connectivity index is 1.48. The van der Waals surface area contributed by atoms with Crippen molar-refractivity contribution in [1.82, 2.24) is 9.88 Å². The van der Waals surface area contributed by atoms with E-state index in [0.717, 1.165) is 22.6 Å². The van der Waals surface area contributed by atoms with E-state index in [1.165, 1.54) is 22.5 Å². The van der Waals surface area contributed by atoms with Crippen LogP contribution < -0.4 is 5.32 Å². The number of fused-ring (bicyclic) bond motifs is 1. The van der Waals surface area contributed by atoms with Gasteiger partial charge in [0.25, 0.3) is 5.91 Å². The molecule has 5 rings (SSSR count). The molecule has 1 fully saturated rings. The van der Waals surface area contributed by atoms with Crippen molar-refractivity contribution in [3.63, 3.8) is 0 Å². The Bertz CT molecular complexity index is 1490. The summed E-state index contributed by atoms with van der Waals surface area (Å²) in [4.78, 5) is 17.6. The molecule has 1 N–H and O–H groups in total. The maximum atomic E-state index is 12.6. The fourth-order valence-corrected chi connectivity index (χ4v) is 5.12. The molecule has 0 aliphatic carbocycles. The van der Waals surface area contributed by atoms with Crippen LogP contribution in [0.15, 0.2) is 76.6 Å². The molecule has 1 amide bonds. The number of nitrogens with one attached hydrogen (secondary N) is 1. The van der Waals surface area contributed by atoms with Gasteiger partial charge < -0.3 is 9.88 Å². The van der Waals surface area contributed by atoms with Crippen LogP contribution in [-0.2, 0) is 4.79 Å². The zero-order chi connectivity index (χ0) is 23.1. The van der Waals surface area contributed by atoms with Gasteiger partial charge in [0.05, 0.1) is 20.6 Å². The molecule has 3 aromatic carbocycles. The van der Waals surface area contributed by atoms with Crippen LogP contribution >= 0.6 is 35.0 Å². The van der Waals surface area contributed by atoms with E-state index >= 15 is 0 Å². The van der Waals surface area contributed by atoms with E-state index in [1.54, 1.807) is 18.2 Å². The summed E-state index contributed by atoms with van der Waals surface area (Å²) < 4.78 is 2.21. The molecule has 0 bridgehead atoms. The third-order valence-electron chi connectivity index (χ3n) is 5.55. The number of carbonyl (C=O) groups excluding carboxylic acids is 1. The molecule has 0 radical (unpaired) electrons. The lowest BCUT2D eigenvalue weighted by Crippen LogP contribution is -2.19. The highest BCUT2D eigenvalue weighted by molar-refractivity contribution is 8.18. The Morgan fingerprint density at radius 2 is 1.76 bits per heavy atom. The van der Waals surface area contributed by atoms with Crippen LogP contribution in [0.4, 0.5) is 5.69 Å². The molecule has 0 saturated carbocycles. The smallest absolute Gasteiger partial charge is 0.264 e. The molecule has 33 heavy (non-hydrogen) atoms. The summed E-state index contributed by atoms with van der Waals surface area (Å²) in [5.74, 6) is -0.188. The second-order valence-corrected chi connectivity index (χ2v) is 9.56. The molecular formula is C26H19Cl2N3OS. The Morgan fingerprint density at radius 3 is 2.58 bits per heavy atom. The number of amides is 1. The molecule has 0 spiro atoms. The highest BCUT2D eigenvalue weighted by atomic mass is 35.5. The summed E-state index contributed by atoms with van der Waals surface area (Å²) in [5.41, 5.74) is 4.75. The van der Waals surface area contributed by atoms with E-state index in [1.807, 2.05) is 18.2 Å². The van der Waals surface area contributed by atoms with Crippen LogP contribution in [0.2, 0.25) is 10.0 Å². The van der Waals surface area contributed by atoms with Gasteiger partial charge in [-0.05, 0) is 78.4 Å². The van der Waals surface area contributed by atoms with Crippen LogP contribution in [0.1, 0.15) is 17.0 Å². The van der Waals surface area contributed by atoms with Crippen molar-refractivity contribution in [2.75, 3.05) is 0 Å². The average Bonchev–Trinajstić information content (AvgIpc) is 3.28. The largest absolute Gasteiger partial charge is 0.318 e. The summed E-state index contributed by atoms with van der Waals surface area (Å²) in [5, 5.41) is 6.45. The number of aliphatic imine (C=N–C) groups is 1. The predicted octanol–water partition coefficient (Wildman–Crippen LogP) is 7.45. The highest BCUT2D eigenvalue weighted by Gasteiger charge is 2.25. The van der Waals surface area contributed by atoms with E-state index in [9.17, 15) is 4.79 Å². The standard InChI is InChI=1S/C26H19Cl2N3OS/c1-15-12-19(16(2)31(15)20-11-10-17-6-3-4-7-18(17)13-20)14-23-25(32)30-26(33-23)29-22-9-5-8-21(27)24(22)28/h3-14H,1-2H3,(H,29,30,32)/b23-14-. The Morgan fingerprint density at radius 1 is 0.970 bits per heavy atom. The van der Waals surface area contributed by atoms with Gasteiger partial charge in [-0.25, -0.2) is 4.99 Å². The lowest BCUT2D eigenvalue weighted by Gasteiger charge is -2.11. The first-order chi connectivity index (χ1) is 15.9. The summed E-state index contributed by atoms with van der Waals surface area (Å²) in [7, 11) is 0. The number of nitrogens with zero attached hydrogens (tertiary/aromatic N) is 2. The summed E-state index contributed by atoms with van der Waals surface area (Å²) >= 11 is 13.6. The van der Waals surface area contributed by atoms with E-state index in [0.29, 0.717) is 25.8 Å². The van der Waals surface area contributed by atoms with Crippen molar-refractivity contribution in [3.05, 3.63) is 98.6 Å². The molecule has 1 saturated heterocycles. The predicted molar refractivity (Wildman–Crippen MR) is 140 cm³/mol. The minimum Gasteiger partial charge on any atom is -0.318 e. The van der Waals surface area contributed by atoms with E-state index in [-0.39, 0.29) is 5.91 Å². The Labute approximate surface area is 205 Å². The molecule has 2 heterocycles. The lowest BCUT2D eigenvalue weighted by atomic mass is 10.1. The third-order valence-corrected chi connectivity index (χ3v) is 7.27. The van der Waals surface area contributed by atoms with E-state index < -0.39 is 0 Å². The quantitative estimate of drug-likeness (QED) is 0.302. The second-order valence-electron chi connectivity index (χ2n) is 7.75. The monoisotopic (exact) mass is 491 g/mol. The van der Waals surface area contributed by atoms with Gasteiger partial charge in [-0.1, -0.05) is 59.6 Å². The topological polar surface area (TPSA) is 46.4 Å². The van der Waals surface area contributed by atoms with Gasteiger partial charge in [-0.2, -0.15) is 0 Å². The van der Waals surface area contributed by atoms with Gasteiger partial charge in [-0.3, -0.25) is 4.79 Å². The first kappa shape index (κ1) is 21.8. The van der Waals surface area contributed by atoms with Crippen LogP contribution in [0, 0.1) is 13.8 Å². The number of amidine groups is 1. The second kappa shape index (κ2) is 8.75. The number of halogens is 2. The number of benzene rings is 3. The van der Waals surface area contributed by atoms with Gasteiger partial charge in [0.1, 0.15) is 0 Å². The molecule has 7 heteroatoms. The maximum absolute atomic E-state index is 12.6. The number of rotatable bonds is 3. The van der Waals surface area contributed by atoms with Crippen LogP contribution in [0.25, 0.3) is 22.5 Å². The SMILES string of the molecule is Cc1cc(/C=C2\SC(=Nc3cccc(Cl)c3Cl)NC2=O)c(C)n1-c1ccc2ccccc2c1. The normalized spacial score (nSPS) is 16.2. The molecular weight excluding hydrogens is 473 g/mol. The zero-order valence-corrected chi connectivity index (χ0v) is 20.2. The first-order valence-electron chi connectivity index (χ1n) is 10.3. The average molecular weight is 492 g/mol. The van der Waals surface area contributed by atoms with Crippen molar-refractivity contribution in [2.24, 2.45) is 4.99 Å². The molecule has 164 valence electrons. The van der Waals surface area contributed by atoms with Crippen molar-refractivity contribution < 1.29 is 4.79 Å². The van der Waals surface area contributed by atoms with Crippen molar-refractivity contribution in [1.29, 1.82) is 0 Å². The van der Waals surface area contributed by atoms with Gasteiger partial charge in [0.15, 0.2) is 5.17 Å². The van der Waals surface area contributed by atoms with Crippen molar-refractivity contribution in [3.8, 4) is 5.69 Å². The van der Waals surface area contributed by atoms with Gasteiger partial charge in [-0.15, -0.1) is 0 Å². The number of aromatic nitrogens is 1. The van der Waals surface area contributed by atoms with E-state index in [4.69, 9.17) is 23.2 Å². The van der Waals surface area contributed by atoms with Crippen LogP contribution in [0.3, 0.4) is 0 Å². The fourth-order valence-electron chi connectivity index (χ4n) is 3.96. The van der Waals surface area contributed by atoms with Crippen LogP contribution in [0.5, 0.6) is 0 Å². The fraction of sp³-hybridized carbons (Fsp3) is 0.0769. The maximum Gasteiger partial charge on any atom is 0.264 e. The van der Waals surface area contributed by atoms with Crippen LogP contribution in [-0.4, -0.2) is 15.6 Å². The zero-order valence-electron chi connectivity index (χ0n) is 17.9. The molecule has 4 nitrogen and oxygen atoms in total. The Hall–Kier alpha value is -2.99. The molecule has 1 aliphatic heterocycles. The number of hydrogen-bond donors (Lipinski definition) is 1. The summed E-state index contributed by atoms with van der Waals surface area (Å²) in [6.45, 7) is 4.13. The summed E-state index contributed by atoms with van der Waals surface area (Å²) in [6, 6.07) is 22.1. The molecule has 1 aromatic heterocycles.